The minimum Gasteiger partial charge on any atom is -0.444 e. The molecule has 3 rings (SSSR count). The lowest BCUT2D eigenvalue weighted by Crippen LogP contribution is -2.45. The summed E-state index contributed by atoms with van der Waals surface area (Å²) in [7, 11) is 0. The van der Waals surface area contributed by atoms with E-state index in [9.17, 15) is 14.4 Å². The van der Waals surface area contributed by atoms with Crippen molar-refractivity contribution in [1.29, 1.82) is 0 Å². The van der Waals surface area contributed by atoms with Crippen molar-refractivity contribution in [2.45, 2.75) is 32.4 Å². The molecule has 0 aromatic heterocycles. The smallest absolute Gasteiger partial charge is 0.417 e. The van der Waals surface area contributed by atoms with Crippen LogP contribution in [0.25, 0.3) is 0 Å². The molecular formula is C20H19ClN2O4. The number of benzene rings is 2. The summed E-state index contributed by atoms with van der Waals surface area (Å²) in [6.07, 6.45) is -0.443. The third kappa shape index (κ3) is 4.46. The Morgan fingerprint density at radius 2 is 1.96 bits per heavy atom. The lowest BCUT2D eigenvalue weighted by Gasteiger charge is -2.22. The first kappa shape index (κ1) is 18.9. The predicted molar refractivity (Wildman–Crippen MR) is 101 cm³/mol. The highest BCUT2D eigenvalue weighted by molar-refractivity contribution is 6.31. The number of anilines is 1. The maximum Gasteiger partial charge on any atom is 0.417 e. The van der Waals surface area contributed by atoms with Crippen molar-refractivity contribution in [1.82, 2.24) is 4.90 Å². The SMILES string of the molecule is Cc1ccc(Cl)cc1NC(=O)[C@@H]1CCC(=O)N1C(=O)OCc1ccccc1. The first-order chi connectivity index (χ1) is 13.0. The fraction of sp³-hybridized carbons (Fsp3) is 0.250. The monoisotopic (exact) mass is 386 g/mol. The summed E-state index contributed by atoms with van der Waals surface area (Å²) < 4.78 is 5.22. The Morgan fingerprint density at radius 3 is 2.70 bits per heavy atom. The largest absolute Gasteiger partial charge is 0.444 e. The summed E-state index contributed by atoms with van der Waals surface area (Å²) in [5.41, 5.74) is 2.17. The number of likely N-dealkylation sites (tertiary alicyclic amines) is 1. The lowest BCUT2D eigenvalue weighted by molar-refractivity contribution is -0.131. The molecule has 2 aromatic rings. The van der Waals surface area contributed by atoms with Gasteiger partial charge in [-0.05, 0) is 36.6 Å². The van der Waals surface area contributed by atoms with E-state index in [0.717, 1.165) is 16.0 Å². The molecule has 0 radical (unpaired) electrons. The van der Waals surface area contributed by atoms with E-state index < -0.39 is 23.9 Å². The molecule has 3 amide bonds. The molecular weight excluding hydrogens is 368 g/mol. The zero-order valence-electron chi connectivity index (χ0n) is 14.8. The van der Waals surface area contributed by atoms with Crippen LogP contribution < -0.4 is 5.32 Å². The molecule has 1 fully saturated rings. The van der Waals surface area contributed by atoms with Gasteiger partial charge in [-0.3, -0.25) is 9.59 Å². The molecule has 2 aromatic carbocycles. The molecule has 1 aliphatic heterocycles. The average molecular weight is 387 g/mol. The molecule has 1 saturated heterocycles. The van der Waals surface area contributed by atoms with Gasteiger partial charge in [0.15, 0.2) is 0 Å². The van der Waals surface area contributed by atoms with E-state index in [1.807, 2.05) is 37.3 Å². The summed E-state index contributed by atoms with van der Waals surface area (Å²) >= 11 is 5.97. The highest BCUT2D eigenvalue weighted by Gasteiger charge is 2.41. The van der Waals surface area contributed by atoms with Gasteiger partial charge in [0, 0.05) is 17.1 Å². The van der Waals surface area contributed by atoms with Crippen LogP contribution in [0.1, 0.15) is 24.0 Å². The number of nitrogens with one attached hydrogen (secondary N) is 1. The number of ether oxygens (including phenoxy) is 1. The number of imide groups is 1. The van der Waals surface area contributed by atoms with Crippen LogP contribution in [0, 0.1) is 6.92 Å². The molecule has 0 aliphatic carbocycles. The second-order valence-corrected chi connectivity index (χ2v) is 6.74. The standard InChI is InChI=1S/C20H19ClN2O4/c1-13-7-8-15(21)11-16(13)22-19(25)17-9-10-18(24)23(17)20(26)27-12-14-5-3-2-4-6-14/h2-8,11,17H,9-10,12H2,1H3,(H,22,25)/t17-/m0/s1. The number of amides is 3. The van der Waals surface area contributed by atoms with Gasteiger partial charge >= 0.3 is 6.09 Å². The van der Waals surface area contributed by atoms with Crippen molar-refractivity contribution in [2.75, 3.05) is 5.32 Å². The van der Waals surface area contributed by atoms with Gasteiger partial charge < -0.3 is 10.1 Å². The van der Waals surface area contributed by atoms with E-state index in [2.05, 4.69) is 5.32 Å². The third-order valence-corrected chi connectivity index (χ3v) is 4.61. The lowest BCUT2D eigenvalue weighted by atomic mass is 10.1. The molecule has 140 valence electrons. The number of halogens is 1. The maximum absolute atomic E-state index is 12.7. The van der Waals surface area contributed by atoms with Crippen LogP contribution in [0.2, 0.25) is 5.02 Å². The fourth-order valence-corrected chi connectivity index (χ4v) is 3.07. The molecule has 27 heavy (non-hydrogen) atoms. The van der Waals surface area contributed by atoms with Crippen LogP contribution in [0.4, 0.5) is 10.5 Å². The van der Waals surface area contributed by atoms with Crippen LogP contribution in [-0.4, -0.2) is 28.8 Å². The van der Waals surface area contributed by atoms with Crippen LogP contribution in [0.3, 0.4) is 0 Å². The second-order valence-electron chi connectivity index (χ2n) is 6.31. The molecule has 1 atom stereocenters. The Bertz CT molecular complexity index is 870. The van der Waals surface area contributed by atoms with Crippen molar-refractivity contribution >= 4 is 35.2 Å². The molecule has 0 saturated carbocycles. The van der Waals surface area contributed by atoms with Crippen LogP contribution in [0.5, 0.6) is 0 Å². The van der Waals surface area contributed by atoms with Crippen molar-refractivity contribution in [3.05, 3.63) is 64.7 Å². The molecule has 7 heteroatoms. The summed E-state index contributed by atoms with van der Waals surface area (Å²) in [6, 6.07) is 13.4. The van der Waals surface area contributed by atoms with Crippen LogP contribution in [-0.2, 0) is 20.9 Å². The number of hydrogen-bond acceptors (Lipinski definition) is 4. The zero-order chi connectivity index (χ0) is 19.4. The van der Waals surface area contributed by atoms with E-state index >= 15 is 0 Å². The van der Waals surface area contributed by atoms with Gasteiger partial charge in [-0.1, -0.05) is 48.0 Å². The van der Waals surface area contributed by atoms with Gasteiger partial charge in [-0.15, -0.1) is 0 Å². The zero-order valence-corrected chi connectivity index (χ0v) is 15.5. The highest BCUT2D eigenvalue weighted by Crippen LogP contribution is 2.24. The molecule has 0 unspecified atom stereocenters. The normalized spacial score (nSPS) is 16.3. The topological polar surface area (TPSA) is 75.7 Å². The number of carbonyl (C=O) groups is 3. The Kier molecular flexibility index (Phi) is 5.76. The van der Waals surface area contributed by atoms with Gasteiger partial charge in [0.05, 0.1) is 0 Å². The van der Waals surface area contributed by atoms with Crippen LogP contribution >= 0.6 is 11.6 Å². The summed E-state index contributed by atoms with van der Waals surface area (Å²) in [5.74, 6) is -0.862. The Labute approximate surface area is 162 Å². The molecule has 1 heterocycles. The van der Waals surface area contributed by atoms with E-state index in [1.165, 1.54) is 0 Å². The quantitative estimate of drug-likeness (QED) is 0.864. The highest BCUT2D eigenvalue weighted by atomic mass is 35.5. The summed E-state index contributed by atoms with van der Waals surface area (Å²) in [6.45, 7) is 1.86. The van der Waals surface area contributed by atoms with Gasteiger partial charge in [0.1, 0.15) is 12.6 Å². The Hall–Kier alpha value is -2.86. The van der Waals surface area contributed by atoms with E-state index in [4.69, 9.17) is 16.3 Å². The first-order valence-electron chi connectivity index (χ1n) is 8.55. The Morgan fingerprint density at radius 1 is 1.22 bits per heavy atom. The summed E-state index contributed by atoms with van der Waals surface area (Å²) in [4.78, 5) is 38.1. The third-order valence-electron chi connectivity index (χ3n) is 4.37. The van der Waals surface area contributed by atoms with Gasteiger partial charge in [-0.25, -0.2) is 9.69 Å². The number of aryl methyl sites for hydroxylation is 1. The predicted octanol–water partition coefficient (Wildman–Crippen LogP) is 3.91. The molecule has 6 nitrogen and oxygen atoms in total. The maximum atomic E-state index is 12.7. The summed E-state index contributed by atoms with van der Waals surface area (Å²) in [5, 5.41) is 3.23. The molecule has 1 aliphatic rings. The Balaban J connectivity index is 1.68. The number of rotatable bonds is 4. The van der Waals surface area contributed by atoms with Crippen molar-refractivity contribution in [3.8, 4) is 0 Å². The number of nitrogens with zero attached hydrogens (tertiary/aromatic N) is 1. The van der Waals surface area contributed by atoms with E-state index in [0.29, 0.717) is 10.7 Å². The first-order valence-corrected chi connectivity index (χ1v) is 8.93. The number of carbonyl (C=O) groups excluding carboxylic acids is 3. The van der Waals surface area contributed by atoms with Gasteiger partial charge in [0.2, 0.25) is 11.8 Å². The average Bonchev–Trinajstić information content (AvgIpc) is 3.05. The van der Waals surface area contributed by atoms with Crippen molar-refractivity contribution < 1.29 is 19.1 Å². The van der Waals surface area contributed by atoms with Gasteiger partial charge in [0.25, 0.3) is 0 Å². The fourth-order valence-electron chi connectivity index (χ4n) is 2.89. The van der Waals surface area contributed by atoms with Crippen molar-refractivity contribution in [2.24, 2.45) is 0 Å². The van der Waals surface area contributed by atoms with E-state index in [-0.39, 0.29) is 19.4 Å². The molecule has 1 N–H and O–H groups in total. The van der Waals surface area contributed by atoms with Crippen LogP contribution in [0.15, 0.2) is 48.5 Å². The minimum atomic E-state index is -0.904. The van der Waals surface area contributed by atoms with Gasteiger partial charge in [-0.2, -0.15) is 0 Å². The van der Waals surface area contributed by atoms with Crippen molar-refractivity contribution in [3.63, 3.8) is 0 Å². The molecule has 0 spiro atoms. The molecule has 0 bridgehead atoms. The van der Waals surface area contributed by atoms with E-state index in [1.54, 1.807) is 18.2 Å². The second kappa shape index (κ2) is 8.22. The minimum absolute atomic E-state index is 0.0329. The number of hydrogen-bond donors (Lipinski definition) is 1.